The van der Waals surface area contributed by atoms with E-state index in [0.717, 1.165) is 12.0 Å². The molecule has 0 saturated carbocycles. The molecule has 1 saturated heterocycles. The maximum absolute atomic E-state index is 12.4. The fourth-order valence-corrected chi connectivity index (χ4v) is 3.12. The van der Waals surface area contributed by atoms with Crippen molar-refractivity contribution in [2.24, 2.45) is 0 Å². The zero-order chi connectivity index (χ0) is 18.4. The number of amides is 1. The molecular weight excluding hydrogens is 350 g/mol. The van der Waals surface area contributed by atoms with Gasteiger partial charge >= 0.3 is 0 Å². The van der Waals surface area contributed by atoms with Crippen LogP contribution in [-0.2, 0) is 9.53 Å². The van der Waals surface area contributed by atoms with Gasteiger partial charge in [0.15, 0.2) is 0 Å². The van der Waals surface area contributed by atoms with Gasteiger partial charge in [0.1, 0.15) is 11.4 Å². The van der Waals surface area contributed by atoms with Crippen molar-refractivity contribution in [3.05, 3.63) is 65.4 Å². The van der Waals surface area contributed by atoms with Crippen molar-refractivity contribution >= 4 is 29.4 Å². The maximum Gasteiger partial charge on any atom is 0.222 e. The van der Waals surface area contributed by atoms with E-state index in [1.165, 1.54) is 5.57 Å². The summed E-state index contributed by atoms with van der Waals surface area (Å²) in [5.41, 5.74) is 1.59. The van der Waals surface area contributed by atoms with E-state index in [1.807, 2.05) is 18.2 Å². The molecule has 1 aliphatic heterocycles. The number of hydrogen-bond donors (Lipinski definition) is 2. The zero-order valence-corrected chi connectivity index (χ0v) is 15.3. The van der Waals surface area contributed by atoms with Crippen LogP contribution < -0.4 is 10.6 Å². The number of carbonyl (C=O) groups excluding carboxylic acids is 1. The first-order chi connectivity index (χ1) is 12.6. The second-order valence-corrected chi connectivity index (χ2v) is 6.74. The number of pyridine rings is 1. The van der Waals surface area contributed by atoms with Crippen molar-refractivity contribution < 1.29 is 9.53 Å². The fourth-order valence-electron chi connectivity index (χ4n) is 2.96. The third-order valence-electron chi connectivity index (χ3n) is 4.43. The first-order valence-corrected chi connectivity index (χ1v) is 8.94. The molecule has 0 atom stereocenters. The van der Waals surface area contributed by atoms with Crippen LogP contribution in [0, 0.1) is 0 Å². The van der Waals surface area contributed by atoms with Crippen molar-refractivity contribution in [2.45, 2.75) is 18.4 Å². The maximum atomic E-state index is 12.4. The van der Waals surface area contributed by atoms with Gasteiger partial charge in [-0.2, -0.15) is 0 Å². The Morgan fingerprint density at radius 1 is 1.38 bits per heavy atom. The van der Waals surface area contributed by atoms with Crippen LogP contribution in [0.25, 0.3) is 6.08 Å². The summed E-state index contributed by atoms with van der Waals surface area (Å²) in [5, 5.41) is 6.86. The lowest BCUT2D eigenvalue weighted by atomic mass is 9.85. The molecule has 0 radical (unpaired) electrons. The van der Waals surface area contributed by atoms with Crippen LogP contribution in [0.15, 0.2) is 54.8 Å². The normalized spacial score (nSPS) is 17.7. The van der Waals surface area contributed by atoms with Crippen molar-refractivity contribution in [1.29, 1.82) is 0 Å². The Balaban J connectivity index is 1.55. The number of halogens is 1. The molecule has 1 aromatic rings. The summed E-state index contributed by atoms with van der Waals surface area (Å²) < 4.78 is 5.40. The topological polar surface area (TPSA) is 63.2 Å². The highest BCUT2D eigenvalue weighted by molar-refractivity contribution is 6.30. The minimum absolute atomic E-state index is 0.0203. The molecule has 26 heavy (non-hydrogen) atoms. The molecule has 0 spiro atoms. The van der Waals surface area contributed by atoms with Gasteiger partial charge in [-0.15, -0.1) is 0 Å². The SMILES string of the molecule is C=Cc1cc(Cl)cnc1NCCC(=O)NC1(C2=CC=CC=CC2)COC1. The largest absolute Gasteiger partial charge is 0.376 e. The van der Waals surface area contributed by atoms with E-state index in [2.05, 4.69) is 34.3 Å². The minimum atomic E-state index is -0.388. The number of nitrogens with zero attached hydrogens (tertiary/aromatic N) is 1. The Morgan fingerprint density at radius 2 is 2.23 bits per heavy atom. The molecule has 5 nitrogen and oxygen atoms in total. The number of ether oxygens (including phenoxy) is 1. The molecule has 1 aromatic heterocycles. The number of aromatic nitrogens is 1. The number of allylic oxidation sites excluding steroid dienone is 5. The van der Waals surface area contributed by atoms with Crippen LogP contribution in [0.2, 0.25) is 5.02 Å². The third kappa shape index (κ3) is 4.23. The van der Waals surface area contributed by atoms with Gasteiger partial charge in [-0.25, -0.2) is 4.98 Å². The Morgan fingerprint density at radius 3 is 2.96 bits per heavy atom. The molecule has 3 rings (SSSR count). The summed E-state index contributed by atoms with van der Waals surface area (Å²) in [6.07, 6.45) is 14.5. The molecule has 0 unspecified atom stereocenters. The van der Waals surface area contributed by atoms with Crippen molar-refractivity contribution in [3.8, 4) is 0 Å². The molecule has 0 aromatic carbocycles. The molecule has 2 aliphatic rings. The predicted octanol–water partition coefficient (Wildman–Crippen LogP) is 3.51. The molecule has 2 heterocycles. The molecule has 136 valence electrons. The zero-order valence-electron chi connectivity index (χ0n) is 14.5. The predicted molar refractivity (Wildman–Crippen MR) is 105 cm³/mol. The number of anilines is 1. The Kier molecular flexibility index (Phi) is 5.91. The van der Waals surface area contributed by atoms with E-state index < -0.39 is 0 Å². The second-order valence-electron chi connectivity index (χ2n) is 6.30. The van der Waals surface area contributed by atoms with E-state index in [-0.39, 0.29) is 11.4 Å². The monoisotopic (exact) mass is 371 g/mol. The smallest absolute Gasteiger partial charge is 0.222 e. The Labute approximate surface area is 158 Å². The molecule has 1 fully saturated rings. The van der Waals surface area contributed by atoms with Gasteiger partial charge in [0.25, 0.3) is 0 Å². The van der Waals surface area contributed by atoms with Gasteiger partial charge in [0.05, 0.1) is 18.2 Å². The molecule has 0 bridgehead atoms. The van der Waals surface area contributed by atoms with Crippen LogP contribution in [0.1, 0.15) is 18.4 Å². The van der Waals surface area contributed by atoms with Crippen LogP contribution in [0.4, 0.5) is 5.82 Å². The Bertz CT molecular complexity index is 779. The van der Waals surface area contributed by atoms with Gasteiger partial charge < -0.3 is 15.4 Å². The van der Waals surface area contributed by atoms with E-state index in [9.17, 15) is 4.79 Å². The van der Waals surface area contributed by atoms with Crippen molar-refractivity contribution in [1.82, 2.24) is 10.3 Å². The highest BCUT2D eigenvalue weighted by atomic mass is 35.5. The van der Waals surface area contributed by atoms with Crippen LogP contribution in [-0.4, -0.2) is 36.2 Å². The van der Waals surface area contributed by atoms with Crippen LogP contribution >= 0.6 is 11.6 Å². The lowest BCUT2D eigenvalue weighted by molar-refractivity contribution is -0.129. The summed E-state index contributed by atoms with van der Waals surface area (Å²) in [5.74, 6) is 0.647. The number of rotatable bonds is 7. The Hall–Kier alpha value is -2.37. The average molecular weight is 372 g/mol. The van der Waals surface area contributed by atoms with Gasteiger partial charge in [0.2, 0.25) is 5.91 Å². The van der Waals surface area contributed by atoms with E-state index in [0.29, 0.717) is 37.0 Å². The first-order valence-electron chi connectivity index (χ1n) is 8.56. The average Bonchev–Trinajstić information content (AvgIpc) is 2.89. The fraction of sp³-hybridized carbons (Fsp3) is 0.300. The number of nitrogens with one attached hydrogen (secondary N) is 2. The van der Waals surface area contributed by atoms with Crippen LogP contribution in [0.5, 0.6) is 0 Å². The van der Waals surface area contributed by atoms with Crippen LogP contribution in [0.3, 0.4) is 0 Å². The van der Waals surface area contributed by atoms with Gasteiger partial charge in [-0.05, 0) is 18.1 Å². The van der Waals surface area contributed by atoms with Gasteiger partial charge in [-0.3, -0.25) is 4.79 Å². The summed E-state index contributed by atoms with van der Waals surface area (Å²) in [7, 11) is 0. The molecular formula is C20H22ClN3O2. The lowest BCUT2D eigenvalue weighted by Gasteiger charge is -2.44. The van der Waals surface area contributed by atoms with Crippen molar-refractivity contribution in [2.75, 3.05) is 25.1 Å². The van der Waals surface area contributed by atoms with E-state index in [4.69, 9.17) is 16.3 Å². The molecule has 1 amide bonds. The lowest BCUT2D eigenvalue weighted by Crippen LogP contribution is -2.63. The van der Waals surface area contributed by atoms with Gasteiger partial charge in [0, 0.05) is 24.7 Å². The van der Waals surface area contributed by atoms with Crippen molar-refractivity contribution in [3.63, 3.8) is 0 Å². The highest BCUT2D eigenvalue weighted by Crippen LogP contribution is 2.30. The first kappa shape index (κ1) is 18.4. The quantitative estimate of drug-likeness (QED) is 0.770. The second kappa shape index (κ2) is 8.34. The molecule has 2 N–H and O–H groups in total. The molecule has 1 aliphatic carbocycles. The summed E-state index contributed by atoms with van der Waals surface area (Å²) in [6.45, 7) is 5.25. The summed E-state index contributed by atoms with van der Waals surface area (Å²) >= 11 is 5.93. The van der Waals surface area contributed by atoms with Gasteiger partial charge in [-0.1, -0.05) is 54.6 Å². The summed E-state index contributed by atoms with van der Waals surface area (Å²) in [6, 6.07) is 1.78. The highest BCUT2D eigenvalue weighted by Gasteiger charge is 2.42. The number of hydrogen-bond acceptors (Lipinski definition) is 4. The minimum Gasteiger partial charge on any atom is -0.376 e. The van der Waals surface area contributed by atoms with E-state index >= 15 is 0 Å². The molecule has 6 heteroatoms. The third-order valence-corrected chi connectivity index (χ3v) is 4.64. The number of carbonyl (C=O) groups is 1. The summed E-state index contributed by atoms with van der Waals surface area (Å²) in [4.78, 5) is 16.7. The standard InChI is InChI=1S/C20H22ClN3O2/c1-2-15-11-17(21)12-23-19(15)22-10-9-18(25)24-20(13-26-14-20)16-7-5-3-4-6-8-16/h2-7,11-12H,1,8-10,13-14H2,(H,22,23)(H,24,25). The van der Waals surface area contributed by atoms with E-state index in [1.54, 1.807) is 18.3 Å².